The topological polar surface area (TPSA) is 29.5 Å². The van der Waals surface area contributed by atoms with Crippen molar-refractivity contribution < 1.29 is 9.53 Å². The Bertz CT molecular complexity index is 1200. The number of likely N-dealkylation sites (tertiary alicyclic amines) is 1. The van der Waals surface area contributed by atoms with Crippen molar-refractivity contribution in [3.8, 4) is 0 Å². The van der Waals surface area contributed by atoms with Crippen LogP contribution in [0.25, 0.3) is 0 Å². The summed E-state index contributed by atoms with van der Waals surface area (Å²) in [5, 5.41) is 0. The molecule has 1 saturated heterocycles. The molecule has 0 radical (unpaired) electrons. The number of aryl methyl sites for hydroxylation is 1. The Kier molecular flexibility index (Phi) is 6.67. The van der Waals surface area contributed by atoms with Gasteiger partial charge in [-0.25, -0.2) is 4.79 Å². The minimum Gasteiger partial charge on any atom is -0.445 e. The Hall–Kier alpha value is -3.85. The van der Waals surface area contributed by atoms with E-state index in [2.05, 4.69) is 79.7 Å². The van der Waals surface area contributed by atoms with Gasteiger partial charge in [-0.15, -0.1) is 0 Å². The Morgan fingerprint density at radius 3 is 1.89 bits per heavy atom. The van der Waals surface area contributed by atoms with Crippen LogP contribution in [0.15, 0.2) is 115 Å². The maximum Gasteiger partial charge on any atom is 0.410 e. The first-order valence-corrected chi connectivity index (χ1v) is 12.3. The first-order chi connectivity index (χ1) is 17.1. The highest BCUT2D eigenvalue weighted by atomic mass is 16.6. The summed E-state index contributed by atoms with van der Waals surface area (Å²) in [5.74, 6) is 0. The van der Waals surface area contributed by atoms with E-state index in [-0.39, 0.29) is 24.2 Å². The molecule has 4 aromatic rings. The van der Waals surface area contributed by atoms with Gasteiger partial charge in [0.2, 0.25) is 0 Å². The van der Waals surface area contributed by atoms with Crippen LogP contribution >= 0.6 is 0 Å². The molecule has 0 bridgehead atoms. The second-order valence-electron chi connectivity index (χ2n) is 9.53. The molecular formula is C32H31NO2. The van der Waals surface area contributed by atoms with Crippen LogP contribution in [0.4, 0.5) is 4.79 Å². The van der Waals surface area contributed by atoms with Gasteiger partial charge < -0.3 is 9.64 Å². The van der Waals surface area contributed by atoms with Crippen LogP contribution in [0.3, 0.4) is 0 Å². The fourth-order valence-electron chi connectivity index (χ4n) is 5.29. The van der Waals surface area contributed by atoms with E-state index in [4.69, 9.17) is 4.74 Å². The van der Waals surface area contributed by atoms with E-state index < -0.39 is 0 Å². The fraction of sp³-hybridized carbons (Fsp3) is 0.219. The summed E-state index contributed by atoms with van der Waals surface area (Å²) in [7, 11) is 0. The van der Waals surface area contributed by atoms with Gasteiger partial charge in [-0.3, -0.25) is 0 Å². The van der Waals surface area contributed by atoms with E-state index in [9.17, 15) is 4.79 Å². The van der Waals surface area contributed by atoms with Crippen molar-refractivity contribution in [1.82, 2.24) is 4.90 Å². The summed E-state index contributed by atoms with van der Waals surface area (Å²) in [6.45, 7) is 2.96. The molecular weight excluding hydrogens is 430 g/mol. The van der Waals surface area contributed by atoms with Crippen LogP contribution in [-0.4, -0.2) is 23.6 Å². The van der Waals surface area contributed by atoms with Crippen molar-refractivity contribution in [3.05, 3.63) is 143 Å². The fourth-order valence-corrected chi connectivity index (χ4v) is 5.29. The Morgan fingerprint density at radius 1 is 0.771 bits per heavy atom. The second kappa shape index (κ2) is 10.2. The van der Waals surface area contributed by atoms with Crippen molar-refractivity contribution in [2.24, 2.45) is 0 Å². The third-order valence-electron chi connectivity index (χ3n) is 7.15. The lowest BCUT2D eigenvalue weighted by Crippen LogP contribution is -2.39. The van der Waals surface area contributed by atoms with Crippen molar-refractivity contribution >= 4 is 6.09 Å². The van der Waals surface area contributed by atoms with E-state index >= 15 is 0 Å². The zero-order chi connectivity index (χ0) is 24.1. The lowest BCUT2D eigenvalue weighted by Gasteiger charge is -2.30. The molecule has 3 nitrogen and oxygen atoms in total. The zero-order valence-electron chi connectivity index (χ0n) is 20.1. The van der Waals surface area contributed by atoms with Crippen LogP contribution in [0.2, 0.25) is 0 Å². The molecule has 1 unspecified atom stereocenters. The normalized spacial score (nSPS) is 16.7. The number of amides is 1. The smallest absolute Gasteiger partial charge is 0.410 e. The van der Waals surface area contributed by atoms with Crippen LogP contribution in [-0.2, 0) is 23.2 Å². The van der Waals surface area contributed by atoms with Crippen molar-refractivity contribution in [2.45, 2.75) is 37.8 Å². The van der Waals surface area contributed by atoms with Gasteiger partial charge in [-0.05, 0) is 42.0 Å². The maximum absolute atomic E-state index is 13.5. The summed E-state index contributed by atoms with van der Waals surface area (Å²) >= 11 is 0. The van der Waals surface area contributed by atoms with Crippen molar-refractivity contribution in [1.29, 1.82) is 0 Å². The SMILES string of the molecule is Cc1ccc(CC2CC(c3ccccc3)(c3ccccc3)CN2C(=O)OCc2ccccc2)cc1. The lowest BCUT2D eigenvalue weighted by molar-refractivity contribution is 0.0912. The molecule has 176 valence electrons. The van der Waals surface area contributed by atoms with Crippen molar-refractivity contribution in [3.63, 3.8) is 0 Å². The minimum atomic E-state index is -0.288. The van der Waals surface area contributed by atoms with E-state index in [0.717, 1.165) is 18.4 Å². The highest BCUT2D eigenvalue weighted by Gasteiger charge is 2.48. The number of hydrogen-bond donors (Lipinski definition) is 0. The summed E-state index contributed by atoms with van der Waals surface area (Å²) in [6.07, 6.45) is 1.39. The molecule has 0 aliphatic carbocycles. The average molecular weight is 462 g/mol. The molecule has 1 amide bonds. The maximum atomic E-state index is 13.5. The Balaban J connectivity index is 1.49. The average Bonchev–Trinajstić information content (AvgIpc) is 3.31. The van der Waals surface area contributed by atoms with Gasteiger partial charge in [0.05, 0.1) is 0 Å². The number of rotatable bonds is 6. The predicted molar refractivity (Wildman–Crippen MR) is 140 cm³/mol. The summed E-state index contributed by atoms with van der Waals surface area (Å²) in [6, 6.07) is 39.7. The number of nitrogens with zero attached hydrogens (tertiary/aromatic N) is 1. The van der Waals surface area contributed by atoms with Gasteiger partial charge in [0.15, 0.2) is 0 Å². The number of carbonyl (C=O) groups excluding carboxylic acids is 1. The van der Waals surface area contributed by atoms with Gasteiger partial charge in [-0.2, -0.15) is 0 Å². The van der Waals surface area contributed by atoms with Crippen LogP contribution in [0, 0.1) is 6.92 Å². The lowest BCUT2D eigenvalue weighted by atomic mass is 9.72. The standard InChI is InChI=1S/C32H31NO2/c1-25-17-19-26(20-18-25)21-30-22-32(28-13-7-3-8-14-28,29-15-9-4-10-16-29)24-33(30)31(34)35-23-27-11-5-2-6-12-27/h2-20,30H,21-24H2,1H3. The predicted octanol–water partition coefficient (Wildman–Crippen LogP) is 6.93. The van der Waals surface area contributed by atoms with Gasteiger partial charge in [-0.1, -0.05) is 121 Å². The molecule has 35 heavy (non-hydrogen) atoms. The number of carbonyl (C=O) groups is 1. The second-order valence-corrected chi connectivity index (χ2v) is 9.53. The summed E-state index contributed by atoms with van der Waals surface area (Å²) < 4.78 is 5.85. The van der Waals surface area contributed by atoms with E-state index in [1.807, 2.05) is 47.4 Å². The molecule has 0 aromatic heterocycles. The summed E-state index contributed by atoms with van der Waals surface area (Å²) in [4.78, 5) is 15.5. The third kappa shape index (κ3) is 5.00. The monoisotopic (exact) mass is 461 g/mol. The third-order valence-corrected chi connectivity index (χ3v) is 7.15. The zero-order valence-corrected chi connectivity index (χ0v) is 20.1. The molecule has 1 aliphatic heterocycles. The van der Waals surface area contributed by atoms with E-state index in [1.165, 1.54) is 22.3 Å². The molecule has 3 heteroatoms. The molecule has 5 rings (SSSR count). The Labute approximate surface area is 208 Å². The first kappa shape index (κ1) is 22.9. The van der Waals surface area contributed by atoms with Crippen LogP contribution in [0.1, 0.15) is 34.2 Å². The molecule has 0 N–H and O–H groups in total. The van der Waals surface area contributed by atoms with E-state index in [1.54, 1.807) is 0 Å². The molecule has 0 saturated carbocycles. The highest BCUT2D eigenvalue weighted by molar-refractivity contribution is 5.70. The minimum absolute atomic E-state index is 0.0291. The van der Waals surface area contributed by atoms with Crippen LogP contribution in [0.5, 0.6) is 0 Å². The molecule has 4 aromatic carbocycles. The van der Waals surface area contributed by atoms with Gasteiger partial charge in [0, 0.05) is 18.0 Å². The number of ether oxygens (including phenoxy) is 1. The quantitative estimate of drug-likeness (QED) is 0.311. The largest absolute Gasteiger partial charge is 0.445 e. The first-order valence-electron chi connectivity index (χ1n) is 12.3. The molecule has 1 heterocycles. The Morgan fingerprint density at radius 2 is 1.31 bits per heavy atom. The van der Waals surface area contributed by atoms with Crippen molar-refractivity contribution in [2.75, 3.05) is 6.54 Å². The number of hydrogen-bond acceptors (Lipinski definition) is 2. The van der Waals surface area contributed by atoms with Gasteiger partial charge in [0.1, 0.15) is 6.61 Å². The summed E-state index contributed by atoms with van der Waals surface area (Å²) in [5.41, 5.74) is 5.65. The van der Waals surface area contributed by atoms with E-state index in [0.29, 0.717) is 6.54 Å². The molecule has 1 atom stereocenters. The number of benzene rings is 4. The van der Waals surface area contributed by atoms with Gasteiger partial charge in [0.25, 0.3) is 0 Å². The van der Waals surface area contributed by atoms with Gasteiger partial charge >= 0.3 is 6.09 Å². The van der Waals surface area contributed by atoms with Crippen LogP contribution < -0.4 is 0 Å². The molecule has 1 aliphatic rings. The molecule has 1 fully saturated rings. The highest BCUT2D eigenvalue weighted by Crippen LogP contribution is 2.44. The molecule has 0 spiro atoms.